The number of aromatic nitrogens is 2. The number of hydrogen-bond acceptors (Lipinski definition) is 6. The van der Waals surface area contributed by atoms with Gasteiger partial charge in [-0.2, -0.15) is 5.10 Å². The highest BCUT2D eigenvalue weighted by Crippen LogP contribution is 2.16. The van der Waals surface area contributed by atoms with Crippen LogP contribution in [0.4, 0.5) is 10.2 Å². The van der Waals surface area contributed by atoms with Crippen molar-refractivity contribution in [3.63, 3.8) is 0 Å². The average Bonchev–Trinajstić information content (AvgIpc) is 2.79. The largest absolute Gasteiger partial charge is 0.379 e. The van der Waals surface area contributed by atoms with Crippen LogP contribution in [0.2, 0.25) is 5.02 Å². The summed E-state index contributed by atoms with van der Waals surface area (Å²) >= 11 is 5.77. The van der Waals surface area contributed by atoms with E-state index in [2.05, 4.69) is 25.5 Å². The molecule has 1 amide bonds. The quantitative estimate of drug-likeness (QED) is 0.650. The van der Waals surface area contributed by atoms with Crippen LogP contribution in [0, 0.1) is 5.82 Å². The highest BCUT2D eigenvalue weighted by Gasteiger charge is 2.15. The second-order valence-corrected chi connectivity index (χ2v) is 3.74. The zero-order valence-corrected chi connectivity index (χ0v) is 10.1. The molecular weight excluding hydrogens is 277 g/mol. The molecule has 0 fully saturated rings. The minimum absolute atomic E-state index is 0.0516. The van der Waals surface area contributed by atoms with Gasteiger partial charge in [-0.25, -0.2) is 14.4 Å². The summed E-state index contributed by atoms with van der Waals surface area (Å²) in [5.74, 6) is -1.47. The fraction of sp³-hybridized carbons (Fsp3) is 0. The molecule has 0 saturated carbocycles. The Labute approximate surface area is 111 Å². The molecule has 3 N–H and O–H groups in total. The summed E-state index contributed by atoms with van der Waals surface area (Å²) in [7, 11) is 0. The van der Waals surface area contributed by atoms with E-state index in [4.69, 9.17) is 17.3 Å². The molecule has 1 heterocycles. The first kappa shape index (κ1) is 13.0. The first-order valence-electron chi connectivity index (χ1n) is 4.95. The molecule has 0 bridgehead atoms. The number of nitrogen functional groups attached to an aromatic ring is 1. The Hall–Kier alpha value is -2.48. The number of nitrogens with one attached hydrogen (secondary N) is 1. The lowest BCUT2D eigenvalue weighted by Gasteiger charge is -1.99. The molecule has 0 aliphatic carbocycles. The van der Waals surface area contributed by atoms with Crippen molar-refractivity contribution in [3.05, 3.63) is 40.3 Å². The maximum Gasteiger partial charge on any atom is 0.297 e. The van der Waals surface area contributed by atoms with Gasteiger partial charge in [-0.3, -0.25) is 4.79 Å². The molecule has 1 aromatic carbocycles. The van der Waals surface area contributed by atoms with E-state index in [1.54, 1.807) is 0 Å². The Bertz CT molecular complexity index is 622. The van der Waals surface area contributed by atoms with Crippen molar-refractivity contribution < 1.29 is 13.8 Å². The number of hydrogen-bond donors (Lipinski definition) is 2. The number of carbonyl (C=O) groups is 1. The molecule has 0 aliphatic rings. The summed E-state index contributed by atoms with van der Waals surface area (Å²) in [6, 6.07) is 4.16. The topological polar surface area (TPSA) is 106 Å². The molecule has 9 heteroatoms. The summed E-state index contributed by atoms with van der Waals surface area (Å²) in [6.45, 7) is 0. The van der Waals surface area contributed by atoms with Crippen LogP contribution in [-0.4, -0.2) is 22.4 Å². The molecule has 98 valence electrons. The molecule has 0 aliphatic heterocycles. The second-order valence-electron chi connectivity index (χ2n) is 3.33. The smallest absolute Gasteiger partial charge is 0.297 e. The van der Waals surface area contributed by atoms with Crippen molar-refractivity contribution in [1.82, 2.24) is 15.7 Å². The van der Waals surface area contributed by atoms with Crippen molar-refractivity contribution in [3.8, 4) is 0 Å². The first-order chi connectivity index (χ1) is 9.09. The van der Waals surface area contributed by atoms with Crippen molar-refractivity contribution in [2.75, 3.05) is 5.73 Å². The van der Waals surface area contributed by atoms with E-state index in [9.17, 15) is 9.18 Å². The van der Waals surface area contributed by atoms with Crippen LogP contribution in [0.15, 0.2) is 27.9 Å². The highest BCUT2D eigenvalue weighted by atomic mass is 35.5. The van der Waals surface area contributed by atoms with E-state index in [0.717, 1.165) is 6.21 Å². The Balaban J connectivity index is 2.09. The van der Waals surface area contributed by atoms with Crippen LogP contribution in [-0.2, 0) is 0 Å². The standard InChI is InChI=1S/C10H7ClFN5O2/c11-6-2-1-3-7(12)5(6)4-14-15-10(18)8-9(13)17-19-16-8/h1-4H,(H2,13,17)(H,15,18)/b14-4-. The third-order valence-electron chi connectivity index (χ3n) is 2.09. The molecule has 2 aromatic rings. The van der Waals surface area contributed by atoms with Crippen molar-refractivity contribution in [1.29, 1.82) is 0 Å². The molecular formula is C10H7ClFN5O2. The molecule has 0 unspecified atom stereocenters. The van der Waals surface area contributed by atoms with E-state index < -0.39 is 11.7 Å². The molecule has 19 heavy (non-hydrogen) atoms. The molecule has 0 atom stereocenters. The van der Waals surface area contributed by atoms with Crippen LogP contribution < -0.4 is 11.2 Å². The minimum atomic E-state index is -0.734. The van der Waals surface area contributed by atoms with Crippen molar-refractivity contribution in [2.24, 2.45) is 5.10 Å². The van der Waals surface area contributed by atoms with E-state index in [1.807, 2.05) is 0 Å². The monoisotopic (exact) mass is 283 g/mol. The minimum Gasteiger partial charge on any atom is -0.379 e. The number of nitrogens with zero attached hydrogens (tertiary/aromatic N) is 3. The van der Waals surface area contributed by atoms with Gasteiger partial charge in [0.25, 0.3) is 5.91 Å². The van der Waals surface area contributed by atoms with Gasteiger partial charge >= 0.3 is 0 Å². The predicted molar refractivity (Wildman–Crippen MR) is 65.2 cm³/mol. The van der Waals surface area contributed by atoms with Gasteiger partial charge in [0, 0.05) is 5.56 Å². The summed E-state index contributed by atoms with van der Waals surface area (Å²) < 4.78 is 17.6. The summed E-state index contributed by atoms with van der Waals surface area (Å²) in [6.07, 6.45) is 1.07. The van der Waals surface area contributed by atoms with Crippen LogP contribution in [0.1, 0.15) is 16.1 Å². The molecule has 1 aromatic heterocycles. The van der Waals surface area contributed by atoms with Gasteiger partial charge in [-0.15, -0.1) is 0 Å². The number of rotatable bonds is 3. The van der Waals surface area contributed by atoms with E-state index in [0.29, 0.717) is 0 Å². The van der Waals surface area contributed by atoms with Gasteiger partial charge in [0.15, 0.2) is 0 Å². The lowest BCUT2D eigenvalue weighted by Crippen LogP contribution is -2.19. The van der Waals surface area contributed by atoms with E-state index in [-0.39, 0.29) is 22.1 Å². The fourth-order valence-electron chi connectivity index (χ4n) is 1.20. The third-order valence-corrected chi connectivity index (χ3v) is 2.42. The van der Waals surface area contributed by atoms with Crippen LogP contribution in [0.3, 0.4) is 0 Å². The van der Waals surface area contributed by atoms with Gasteiger partial charge in [0.1, 0.15) is 5.82 Å². The summed E-state index contributed by atoms with van der Waals surface area (Å²) in [5, 5.41) is 10.2. The fourth-order valence-corrected chi connectivity index (χ4v) is 1.41. The van der Waals surface area contributed by atoms with Gasteiger partial charge < -0.3 is 5.73 Å². The number of amides is 1. The maximum absolute atomic E-state index is 13.4. The Kier molecular flexibility index (Phi) is 3.71. The lowest BCUT2D eigenvalue weighted by molar-refractivity contribution is 0.0946. The second kappa shape index (κ2) is 5.44. The van der Waals surface area contributed by atoms with Crippen molar-refractivity contribution in [2.45, 2.75) is 0 Å². The Morgan fingerprint density at radius 2 is 2.32 bits per heavy atom. The number of nitrogens with two attached hydrogens (primary N) is 1. The molecule has 0 spiro atoms. The zero-order chi connectivity index (χ0) is 13.8. The predicted octanol–water partition coefficient (Wildman–Crippen LogP) is 1.21. The van der Waals surface area contributed by atoms with Gasteiger partial charge in [0.05, 0.1) is 11.2 Å². The third kappa shape index (κ3) is 2.86. The first-order valence-corrected chi connectivity index (χ1v) is 5.33. The number of anilines is 1. The molecule has 2 rings (SSSR count). The summed E-state index contributed by atoms with van der Waals surface area (Å²) in [4.78, 5) is 11.5. The van der Waals surface area contributed by atoms with E-state index in [1.165, 1.54) is 18.2 Å². The number of benzene rings is 1. The molecule has 0 saturated heterocycles. The Morgan fingerprint density at radius 1 is 1.53 bits per heavy atom. The summed E-state index contributed by atoms with van der Waals surface area (Å²) in [5.41, 5.74) is 7.24. The van der Waals surface area contributed by atoms with Crippen LogP contribution in [0.25, 0.3) is 0 Å². The Morgan fingerprint density at radius 3 is 2.95 bits per heavy atom. The van der Waals surface area contributed by atoms with Gasteiger partial charge in [-0.1, -0.05) is 17.7 Å². The van der Waals surface area contributed by atoms with Gasteiger partial charge in [0.2, 0.25) is 11.5 Å². The highest BCUT2D eigenvalue weighted by molar-refractivity contribution is 6.33. The van der Waals surface area contributed by atoms with E-state index >= 15 is 0 Å². The number of halogens is 2. The molecule has 7 nitrogen and oxygen atoms in total. The number of carbonyl (C=O) groups excluding carboxylic acids is 1. The van der Waals surface area contributed by atoms with Crippen LogP contribution in [0.5, 0.6) is 0 Å². The van der Waals surface area contributed by atoms with Crippen molar-refractivity contribution >= 4 is 29.5 Å². The van der Waals surface area contributed by atoms with Gasteiger partial charge in [-0.05, 0) is 22.4 Å². The zero-order valence-electron chi connectivity index (χ0n) is 9.30. The molecule has 0 radical (unpaired) electrons. The average molecular weight is 284 g/mol. The lowest BCUT2D eigenvalue weighted by atomic mass is 10.2. The van der Waals surface area contributed by atoms with Crippen LogP contribution >= 0.6 is 11.6 Å². The number of hydrazone groups is 1. The normalized spacial score (nSPS) is 10.8. The SMILES string of the molecule is Nc1nonc1C(=O)N/N=C\c1c(F)cccc1Cl. The maximum atomic E-state index is 13.4.